The molecule has 1 amide bonds. The molecule has 2 fully saturated rings. The molecule has 6 nitrogen and oxygen atoms in total. The highest BCUT2D eigenvalue weighted by atomic mass is 16.5. The average molecular weight is 318 g/mol. The molecule has 1 saturated heterocycles. The second-order valence-corrected chi connectivity index (χ2v) is 6.51. The minimum Gasteiger partial charge on any atom is -0.376 e. The van der Waals surface area contributed by atoms with Crippen LogP contribution in [0.1, 0.15) is 61.3 Å². The van der Waals surface area contributed by atoms with E-state index < -0.39 is 0 Å². The lowest BCUT2D eigenvalue weighted by molar-refractivity contribution is 0.0922. The number of anilines is 1. The van der Waals surface area contributed by atoms with Crippen molar-refractivity contribution in [1.82, 2.24) is 15.3 Å². The number of amides is 1. The van der Waals surface area contributed by atoms with E-state index >= 15 is 0 Å². The number of ether oxygens (including phenoxy) is 1. The van der Waals surface area contributed by atoms with Crippen LogP contribution in [0.2, 0.25) is 0 Å². The van der Waals surface area contributed by atoms with Gasteiger partial charge in [0.2, 0.25) is 0 Å². The molecular formula is C17H26N4O2. The van der Waals surface area contributed by atoms with Crippen molar-refractivity contribution in [2.24, 2.45) is 0 Å². The second-order valence-electron chi connectivity index (χ2n) is 6.51. The van der Waals surface area contributed by atoms with Gasteiger partial charge in [-0.3, -0.25) is 4.79 Å². The monoisotopic (exact) mass is 318 g/mol. The zero-order valence-corrected chi connectivity index (χ0v) is 13.8. The van der Waals surface area contributed by atoms with Crippen molar-refractivity contribution in [2.75, 3.05) is 18.5 Å². The summed E-state index contributed by atoms with van der Waals surface area (Å²) in [6.07, 6.45) is 8.24. The largest absolute Gasteiger partial charge is 0.376 e. The predicted molar refractivity (Wildman–Crippen MR) is 88.6 cm³/mol. The third kappa shape index (κ3) is 4.64. The Kier molecular flexibility index (Phi) is 5.43. The number of hydrogen-bond acceptors (Lipinski definition) is 5. The zero-order valence-electron chi connectivity index (χ0n) is 13.8. The quantitative estimate of drug-likeness (QED) is 0.872. The van der Waals surface area contributed by atoms with E-state index in [1.54, 1.807) is 6.07 Å². The molecule has 0 spiro atoms. The summed E-state index contributed by atoms with van der Waals surface area (Å²) in [5, 5.41) is 6.38. The summed E-state index contributed by atoms with van der Waals surface area (Å²) in [6, 6.07) is 2.02. The van der Waals surface area contributed by atoms with Gasteiger partial charge in [0.1, 0.15) is 17.3 Å². The molecule has 2 N–H and O–H groups in total. The fourth-order valence-electron chi connectivity index (χ4n) is 3.30. The Bertz CT molecular complexity index is 537. The molecule has 126 valence electrons. The van der Waals surface area contributed by atoms with Crippen LogP contribution in [0.5, 0.6) is 0 Å². The van der Waals surface area contributed by atoms with E-state index in [1.807, 2.05) is 6.92 Å². The van der Waals surface area contributed by atoms with Gasteiger partial charge in [0, 0.05) is 25.3 Å². The number of carbonyl (C=O) groups excluding carboxylic acids is 1. The Balaban J connectivity index is 1.60. The summed E-state index contributed by atoms with van der Waals surface area (Å²) in [6.45, 7) is 3.37. The summed E-state index contributed by atoms with van der Waals surface area (Å²) in [4.78, 5) is 21.1. The molecule has 1 aliphatic carbocycles. The molecule has 0 radical (unpaired) electrons. The first kappa shape index (κ1) is 16.2. The maximum atomic E-state index is 12.4. The smallest absolute Gasteiger partial charge is 0.270 e. The van der Waals surface area contributed by atoms with Crippen LogP contribution in [0.4, 0.5) is 5.82 Å². The first-order chi connectivity index (χ1) is 11.2. The molecule has 1 saturated carbocycles. The van der Waals surface area contributed by atoms with Gasteiger partial charge in [-0.15, -0.1) is 0 Å². The molecule has 0 bridgehead atoms. The van der Waals surface area contributed by atoms with E-state index in [4.69, 9.17) is 4.74 Å². The third-order valence-corrected chi connectivity index (χ3v) is 4.55. The van der Waals surface area contributed by atoms with Crippen LogP contribution in [0.15, 0.2) is 6.07 Å². The minimum atomic E-state index is -0.0948. The maximum Gasteiger partial charge on any atom is 0.270 e. The number of hydrogen-bond donors (Lipinski definition) is 2. The molecule has 1 aromatic heterocycles. The standard InChI is InChI=1S/C17H26N4O2/c1-12-19-15(17(22)21-13-6-3-2-4-7-13)10-16(20-12)18-11-14-8-5-9-23-14/h10,13-14H,2-9,11H2,1H3,(H,21,22)(H,18,19,20). The van der Waals surface area contributed by atoms with Crippen LogP contribution in [0.25, 0.3) is 0 Å². The van der Waals surface area contributed by atoms with E-state index in [0.717, 1.165) is 38.8 Å². The summed E-state index contributed by atoms with van der Waals surface area (Å²) in [5.41, 5.74) is 0.443. The first-order valence-electron chi connectivity index (χ1n) is 8.73. The Hall–Kier alpha value is -1.69. The third-order valence-electron chi connectivity index (χ3n) is 4.55. The van der Waals surface area contributed by atoms with Gasteiger partial charge in [-0.25, -0.2) is 9.97 Å². The Morgan fingerprint density at radius 1 is 1.22 bits per heavy atom. The van der Waals surface area contributed by atoms with Crippen LogP contribution >= 0.6 is 0 Å². The van der Waals surface area contributed by atoms with Crippen molar-refractivity contribution < 1.29 is 9.53 Å². The molecule has 2 aliphatic rings. The molecule has 3 rings (SSSR count). The Morgan fingerprint density at radius 2 is 2.04 bits per heavy atom. The van der Waals surface area contributed by atoms with E-state index in [2.05, 4.69) is 20.6 Å². The molecule has 1 aromatic rings. The molecule has 1 unspecified atom stereocenters. The topological polar surface area (TPSA) is 76.1 Å². The van der Waals surface area contributed by atoms with E-state index in [-0.39, 0.29) is 18.1 Å². The van der Waals surface area contributed by atoms with Crippen molar-refractivity contribution in [2.45, 2.75) is 64.0 Å². The van der Waals surface area contributed by atoms with Crippen LogP contribution in [0, 0.1) is 6.92 Å². The number of nitrogens with one attached hydrogen (secondary N) is 2. The first-order valence-corrected chi connectivity index (χ1v) is 8.73. The second kappa shape index (κ2) is 7.73. The summed E-state index contributed by atoms with van der Waals surface area (Å²) in [5.74, 6) is 1.21. The molecule has 6 heteroatoms. The Morgan fingerprint density at radius 3 is 2.78 bits per heavy atom. The summed E-state index contributed by atoms with van der Waals surface area (Å²) in [7, 11) is 0. The molecule has 0 aromatic carbocycles. The number of aromatic nitrogens is 2. The van der Waals surface area contributed by atoms with Crippen molar-refractivity contribution >= 4 is 11.7 Å². The highest BCUT2D eigenvalue weighted by Gasteiger charge is 2.19. The van der Waals surface area contributed by atoms with Gasteiger partial charge in [0.15, 0.2) is 0 Å². The molecule has 23 heavy (non-hydrogen) atoms. The molecular weight excluding hydrogens is 292 g/mol. The van der Waals surface area contributed by atoms with Gasteiger partial charge in [-0.2, -0.15) is 0 Å². The van der Waals surface area contributed by atoms with E-state index in [0.29, 0.717) is 17.3 Å². The van der Waals surface area contributed by atoms with Crippen molar-refractivity contribution in [1.29, 1.82) is 0 Å². The van der Waals surface area contributed by atoms with Crippen molar-refractivity contribution in [3.8, 4) is 0 Å². The van der Waals surface area contributed by atoms with Gasteiger partial charge in [-0.1, -0.05) is 19.3 Å². The summed E-state index contributed by atoms with van der Waals surface area (Å²) < 4.78 is 5.60. The number of carbonyl (C=O) groups is 1. The van der Waals surface area contributed by atoms with Crippen LogP contribution < -0.4 is 10.6 Å². The van der Waals surface area contributed by atoms with Crippen molar-refractivity contribution in [3.63, 3.8) is 0 Å². The lowest BCUT2D eigenvalue weighted by atomic mass is 9.95. The van der Waals surface area contributed by atoms with Gasteiger partial charge >= 0.3 is 0 Å². The molecule has 1 aliphatic heterocycles. The number of aryl methyl sites for hydroxylation is 1. The number of nitrogens with zero attached hydrogens (tertiary/aromatic N) is 2. The zero-order chi connectivity index (χ0) is 16.1. The predicted octanol–water partition coefficient (Wildman–Crippen LogP) is 2.44. The van der Waals surface area contributed by atoms with Gasteiger partial charge in [-0.05, 0) is 32.6 Å². The van der Waals surface area contributed by atoms with Gasteiger partial charge in [0.05, 0.1) is 6.10 Å². The highest BCUT2D eigenvalue weighted by molar-refractivity contribution is 5.93. The highest BCUT2D eigenvalue weighted by Crippen LogP contribution is 2.18. The Labute approximate surface area is 137 Å². The fraction of sp³-hybridized carbons (Fsp3) is 0.706. The average Bonchev–Trinajstić information content (AvgIpc) is 3.07. The lowest BCUT2D eigenvalue weighted by Gasteiger charge is -2.22. The molecule has 2 heterocycles. The lowest BCUT2D eigenvalue weighted by Crippen LogP contribution is -2.36. The van der Waals surface area contributed by atoms with Crippen molar-refractivity contribution in [3.05, 3.63) is 17.6 Å². The summed E-state index contributed by atoms with van der Waals surface area (Å²) >= 11 is 0. The van der Waals surface area contributed by atoms with E-state index in [9.17, 15) is 4.79 Å². The minimum absolute atomic E-state index is 0.0948. The molecule has 1 atom stereocenters. The normalized spacial score (nSPS) is 22.0. The van der Waals surface area contributed by atoms with E-state index in [1.165, 1.54) is 19.3 Å². The SMILES string of the molecule is Cc1nc(NCC2CCCO2)cc(C(=O)NC2CCCCC2)n1. The van der Waals surface area contributed by atoms with Crippen LogP contribution in [-0.4, -0.2) is 41.2 Å². The van der Waals surface area contributed by atoms with Gasteiger partial charge < -0.3 is 15.4 Å². The van der Waals surface area contributed by atoms with Crippen LogP contribution in [0.3, 0.4) is 0 Å². The number of rotatable bonds is 5. The van der Waals surface area contributed by atoms with Gasteiger partial charge in [0.25, 0.3) is 5.91 Å². The van der Waals surface area contributed by atoms with Crippen LogP contribution in [-0.2, 0) is 4.74 Å². The fourth-order valence-corrected chi connectivity index (χ4v) is 3.30. The maximum absolute atomic E-state index is 12.4.